The van der Waals surface area contributed by atoms with Crippen molar-refractivity contribution in [1.82, 2.24) is 4.98 Å². The summed E-state index contributed by atoms with van der Waals surface area (Å²) in [6.45, 7) is 0. The van der Waals surface area contributed by atoms with Gasteiger partial charge in [-0.25, -0.2) is 13.8 Å². The summed E-state index contributed by atoms with van der Waals surface area (Å²) in [7, 11) is 1.62. The highest BCUT2D eigenvalue weighted by atomic mass is 19.1. The molecule has 5 aromatic rings. The molecule has 0 saturated heterocycles. The zero-order chi connectivity index (χ0) is 22.1. The third-order valence-electron chi connectivity index (χ3n) is 5.52. The fraction of sp³-hybridized carbons (Fsp3) is 0.0357. The molecule has 0 atom stereocenters. The number of hydrogen-bond acceptors (Lipinski definition) is 2. The summed E-state index contributed by atoms with van der Waals surface area (Å²) in [6, 6.07) is 28.4. The summed E-state index contributed by atoms with van der Waals surface area (Å²) in [5.74, 6) is 0.138. The average Bonchev–Trinajstić information content (AvgIpc) is 2.84. The molecule has 156 valence electrons. The zero-order valence-corrected chi connectivity index (χ0v) is 17.3. The summed E-state index contributed by atoms with van der Waals surface area (Å²) >= 11 is 0. The van der Waals surface area contributed by atoms with Crippen molar-refractivity contribution in [3.63, 3.8) is 0 Å². The summed E-state index contributed by atoms with van der Waals surface area (Å²) in [5, 5.41) is 0.940. The molecule has 32 heavy (non-hydrogen) atoms. The zero-order valence-electron chi connectivity index (χ0n) is 17.3. The molecule has 0 aliphatic heterocycles. The Labute approximate surface area is 184 Å². The van der Waals surface area contributed by atoms with E-state index in [9.17, 15) is 8.78 Å². The minimum atomic E-state index is -0.308. The molecule has 0 aliphatic rings. The second-order valence-electron chi connectivity index (χ2n) is 7.47. The van der Waals surface area contributed by atoms with Crippen LogP contribution >= 0.6 is 0 Å². The first-order chi connectivity index (χ1) is 15.6. The lowest BCUT2D eigenvalue weighted by molar-refractivity contribution is 0.415. The van der Waals surface area contributed by atoms with Crippen molar-refractivity contribution in [2.45, 2.75) is 0 Å². The van der Waals surface area contributed by atoms with Crippen molar-refractivity contribution in [3.05, 3.63) is 109 Å². The molecule has 0 radical (unpaired) electrons. The lowest BCUT2D eigenvalue weighted by atomic mass is 9.88. The largest absolute Gasteiger partial charge is 0.497 e. The van der Waals surface area contributed by atoms with Crippen LogP contribution in [-0.2, 0) is 0 Å². The van der Waals surface area contributed by atoms with E-state index < -0.39 is 0 Å². The van der Waals surface area contributed by atoms with Crippen LogP contribution < -0.4 is 4.74 Å². The topological polar surface area (TPSA) is 22.1 Å². The van der Waals surface area contributed by atoms with Gasteiger partial charge in [0, 0.05) is 22.1 Å². The second-order valence-corrected chi connectivity index (χ2v) is 7.47. The molecule has 0 fully saturated rings. The van der Waals surface area contributed by atoms with Crippen LogP contribution in [-0.4, -0.2) is 12.1 Å². The van der Waals surface area contributed by atoms with Gasteiger partial charge in [0.05, 0.1) is 18.3 Å². The van der Waals surface area contributed by atoms with Gasteiger partial charge >= 0.3 is 0 Å². The predicted octanol–water partition coefficient (Wildman–Crippen LogP) is 7.52. The van der Waals surface area contributed by atoms with Gasteiger partial charge in [0.2, 0.25) is 0 Å². The van der Waals surface area contributed by atoms with Crippen molar-refractivity contribution >= 4 is 10.9 Å². The number of methoxy groups -OCH3 is 1. The lowest BCUT2D eigenvalue weighted by Crippen LogP contribution is -1.97. The molecule has 0 bridgehead atoms. The Morgan fingerprint density at radius 1 is 0.594 bits per heavy atom. The Morgan fingerprint density at radius 3 is 1.72 bits per heavy atom. The summed E-state index contributed by atoms with van der Waals surface area (Å²) in [4.78, 5) is 4.99. The van der Waals surface area contributed by atoms with Crippen LogP contribution in [0.1, 0.15) is 0 Å². The third-order valence-corrected chi connectivity index (χ3v) is 5.52. The molecule has 1 heterocycles. The number of nitrogens with zero attached hydrogens (tertiary/aromatic N) is 1. The number of aromatic nitrogens is 1. The normalized spacial score (nSPS) is 11.0. The lowest BCUT2D eigenvalue weighted by Gasteiger charge is -2.18. The van der Waals surface area contributed by atoms with Crippen LogP contribution in [0.5, 0.6) is 5.75 Å². The number of ether oxygens (including phenoxy) is 1. The summed E-state index contributed by atoms with van der Waals surface area (Å²) in [5.41, 5.74) is 5.96. The number of benzene rings is 4. The molecule has 0 aliphatic carbocycles. The van der Waals surface area contributed by atoms with Crippen molar-refractivity contribution in [2.24, 2.45) is 0 Å². The summed E-state index contributed by atoms with van der Waals surface area (Å²) < 4.78 is 32.8. The number of para-hydroxylation sites is 1. The van der Waals surface area contributed by atoms with Gasteiger partial charge in [-0.2, -0.15) is 0 Å². The molecule has 4 heteroatoms. The van der Waals surface area contributed by atoms with Crippen LogP contribution in [0.25, 0.3) is 44.4 Å². The van der Waals surface area contributed by atoms with E-state index in [1.807, 2.05) is 48.5 Å². The van der Waals surface area contributed by atoms with Gasteiger partial charge in [0.15, 0.2) is 0 Å². The average molecular weight is 423 g/mol. The molecule has 2 nitrogen and oxygen atoms in total. The Balaban J connectivity index is 1.90. The molecule has 0 unspecified atom stereocenters. The van der Waals surface area contributed by atoms with E-state index in [2.05, 4.69) is 0 Å². The van der Waals surface area contributed by atoms with E-state index in [4.69, 9.17) is 9.72 Å². The number of halogens is 2. The van der Waals surface area contributed by atoms with E-state index in [0.717, 1.165) is 50.2 Å². The molecule has 0 spiro atoms. The van der Waals surface area contributed by atoms with E-state index in [1.165, 1.54) is 24.3 Å². The van der Waals surface area contributed by atoms with Crippen molar-refractivity contribution in [3.8, 4) is 39.3 Å². The fourth-order valence-electron chi connectivity index (χ4n) is 3.98. The highest BCUT2D eigenvalue weighted by Gasteiger charge is 2.19. The maximum atomic E-state index is 13.8. The van der Waals surface area contributed by atoms with Crippen molar-refractivity contribution in [1.29, 1.82) is 0 Å². The SMILES string of the molecule is COc1ccc(-c2nc3ccccc3c(-c3ccc(F)cc3)c2-c2ccc(F)cc2)cc1. The van der Waals surface area contributed by atoms with E-state index in [0.29, 0.717) is 0 Å². The van der Waals surface area contributed by atoms with Crippen LogP contribution in [0.3, 0.4) is 0 Å². The molecule has 5 rings (SSSR count). The monoisotopic (exact) mass is 423 g/mol. The molecular formula is C28H19F2NO. The van der Waals surface area contributed by atoms with Gasteiger partial charge in [-0.05, 0) is 65.7 Å². The first-order valence-corrected chi connectivity index (χ1v) is 10.2. The Kier molecular flexibility index (Phi) is 5.12. The quantitative estimate of drug-likeness (QED) is 0.298. The van der Waals surface area contributed by atoms with Crippen molar-refractivity contribution in [2.75, 3.05) is 7.11 Å². The third kappa shape index (κ3) is 3.60. The number of hydrogen-bond donors (Lipinski definition) is 0. The molecular weight excluding hydrogens is 404 g/mol. The highest BCUT2D eigenvalue weighted by molar-refractivity contribution is 6.06. The minimum Gasteiger partial charge on any atom is -0.497 e. The van der Waals surface area contributed by atoms with E-state index >= 15 is 0 Å². The molecule has 0 saturated carbocycles. The molecule has 4 aromatic carbocycles. The Morgan fingerprint density at radius 2 is 1.12 bits per heavy atom. The predicted molar refractivity (Wildman–Crippen MR) is 125 cm³/mol. The molecule has 0 amide bonds. The van der Waals surface area contributed by atoms with Gasteiger partial charge in [-0.1, -0.05) is 42.5 Å². The van der Waals surface area contributed by atoms with Crippen molar-refractivity contribution < 1.29 is 13.5 Å². The Bertz CT molecular complexity index is 1390. The maximum Gasteiger partial charge on any atom is 0.123 e. The standard InChI is InChI=1S/C28H19F2NO/c1-32-23-16-10-20(11-17-23)28-27(19-8-14-22(30)15-9-19)26(18-6-12-21(29)13-7-18)24-4-2-3-5-25(24)31-28/h2-17H,1H3. The first kappa shape index (κ1) is 19.9. The number of rotatable bonds is 4. The van der Waals surface area contributed by atoms with Gasteiger partial charge in [-0.15, -0.1) is 0 Å². The first-order valence-electron chi connectivity index (χ1n) is 10.2. The van der Waals surface area contributed by atoms with Crippen LogP contribution in [0.4, 0.5) is 8.78 Å². The van der Waals surface area contributed by atoms with Crippen LogP contribution in [0, 0.1) is 11.6 Å². The minimum absolute atomic E-state index is 0.300. The molecule has 1 aromatic heterocycles. The fourth-order valence-corrected chi connectivity index (χ4v) is 3.98. The summed E-state index contributed by atoms with van der Waals surface area (Å²) in [6.07, 6.45) is 0. The van der Waals surface area contributed by atoms with E-state index in [-0.39, 0.29) is 11.6 Å². The maximum absolute atomic E-state index is 13.8. The van der Waals surface area contributed by atoms with Gasteiger partial charge < -0.3 is 4.74 Å². The second kappa shape index (κ2) is 8.23. The van der Waals surface area contributed by atoms with Crippen LogP contribution in [0.15, 0.2) is 97.1 Å². The number of pyridine rings is 1. The Hall–Kier alpha value is -4.05. The van der Waals surface area contributed by atoms with Gasteiger partial charge in [-0.3, -0.25) is 0 Å². The van der Waals surface area contributed by atoms with E-state index in [1.54, 1.807) is 31.4 Å². The van der Waals surface area contributed by atoms with Gasteiger partial charge in [0.1, 0.15) is 17.4 Å². The smallest absolute Gasteiger partial charge is 0.123 e. The number of fused-ring (bicyclic) bond motifs is 1. The highest BCUT2D eigenvalue weighted by Crippen LogP contribution is 2.43. The molecule has 0 N–H and O–H groups in total. The van der Waals surface area contributed by atoms with Crippen LogP contribution in [0.2, 0.25) is 0 Å². The van der Waals surface area contributed by atoms with Gasteiger partial charge in [0.25, 0.3) is 0 Å².